The SMILES string of the molecule is COc1ccc(CNCCN(C)C)cc1OC.O=C(O)C(=O)O. The van der Waals surface area contributed by atoms with Crippen LogP contribution in [0.2, 0.25) is 0 Å². The van der Waals surface area contributed by atoms with E-state index in [2.05, 4.69) is 24.3 Å². The average molecular weight is 328 g/mol. The van der Waals surface area contributed by atoms with Crippen LogP contribution in [-0.2, 0) is 16.1 Å². The number of hydrogen-bond acceptors (Lipinski definition) is 6. The van der Waals surface area contributed by atoms with E-state index in [1.165, 1.54) is 5.56 Å². The molecule has 0 spiro atoms. The molecule has 8 nitrogen and oxygen atoms in total. The first kappa shape index (κ1) is 20.7. The molecule has 0 unspecified atom stereocenters. The zero-order valence-electron chi connectivity index (χ0n) is 13.8. The van der Waals surface area contributed by atoms with Gasteiger partial charge in [-0.2, -0.15) is 0 Å². The van der Waals surface area contributed by atoms with Gasteiger partial charge in [0.05, 0.1) is 14.2 Å². The summed E-state index contributed by atoms with van der Waals surface area (Å²) in [6.45, 7) is 2.85. The van der Waals surface area contributed by atoms with E-state index < -0.39 is 11.9 Å². The normalized spacial score (nSPS) is 9.78. The molecule has 0 heterocycles. The highest BCUT2D eigenvalue weighted by Gasteiger charge is 2.04. The van der Waals surface area contributed by atoms with E-state index in [4.69, 9.17) is 29.3 Å². The Balaban J connectivity index is 0.000000688. The van der Waals surface area contributed by atoms with Crippen LogP contribution >= 0.6 is 0 Å². The Morgan fingerprint density at radius 1 is 1.09 bits per heavy atom. The second kappa shape index (κ2) is 11.3. The molecule has 0 bridgehead atoms. The van der Waals surface area contributed by atoms with Crippen LogP contribution < -0.4 is 14.8 Å². The monoisotopic (exact) mass is 328 g/mol. The number of methoxy groups -OCH3 is 2. The van der Waals surface area contributed by atoms with Gasteiger partial charge < -0.3 is 29.9 Å². The van der Waals surface area contributed by atoms with E-state index in [0.717, 1.165) is 31.1 Å². The number of hydrogen-bond donors (Lipinski definition) is 3. The number of likely N-dealkylation sites (N-methyl/N-ethyl adjacent to an activating group) is 1. The van der Waals surface area contributed by atoms with Gasteiger partial charge in [0.2, 0.25) is 0 Å². The van der Waals surface area contributed by atoms with Gasteiger partial charge in [0.1, 0.15) is 0 Å². The summed E-state index contributed by atoms with van der Waals surface area (Å²) in [4.78, 5) is 20.4. The van der Waals surface area contributed by atoms with Gasteiger partial charge in [0.15, 0.2) is 11.5 Å². The average Bonchev–Trinajstić information content (AvgIpc) is 2.51. The standard InChI is InChI=1S/C13H22N2O2.C2H2O4/c1-15(2)8-7-14-10-11-5-6-12(16-3)13(9-11)17-4;3-1(4)2(5)6/h5-6,9,14H,7-8,10H2,1-4H3;(H,3,4)(H,5,6). The minimum atomic E-state index is -1.82. The summed E-state index contributed by atoms with van der Waals surface area (Å²) in [6.07, 6.45) is 0. The number of nitrogens with one attached hydrogen (secondary N) is 1. The minimum Gasteiger partial charge on any atom is -0.493 e. The smallest absolute Gasteiger partial charge is 0.414 e. The zero-order valence-corrected chi connectivity index (χ0v) is 13.8. The van der Waals surface area contributed by atoms with Gasteiger partial charge >= 0.3 is 11.9 Å². The van der Waals surface area contributed by atoms with Crippen LogP contribution in [0.4, 0.5) is 0 Å². The third-order valence-corrected chi connectivity index (χ3v) is 2.70. The maximum Gasteiger partial charge on any atom is 0.414 e. The molecule has 0 radical (unpaired) electrons. The third-order valence-electron chi connectivity index (χ3n) is 2.70. The molecular formula is C15H24N2O6. The summed E-state index contributed by atoms with van der Waals surface area (Å²) in [7, 11) is 7.43. The van der Waals surface area contributed by atoms with Crippen LogP contribution in [0.3, 0.4) is 0 Å². The van der Waals surface area contributed by atoms with E-state index in [1.807, 2.05) is 18.2 Å². The van der Waals surface area contributed by atoms with Crippen molar-refractivity contribution in [1.29, 1.82) is 0 Å². The van der Waals surface area contributed by atoms with E-state index in [-0.39, 0.29) is 0 Å². The maximum atomic E-state index is 9.10. The largest absolute Gasteiger partial charge is 0.493 e. The summed E-state index contributed by atoms with van der Waals surface area (Å²) < 4.78 is 10.5. The number of carbonyl (C=O) groups is 2. The number of carboxylic acids is 2. The Morgan fingerprint density at radius 3 is 2.09 bits per heavy atom. The van der Waals surface area contributed by atoms with E-state index >= 15 is 0 Å². The van der Waals surface area contributed by atoms with Crippen molar-refractivity contribution >= 4 is 11.9 Å². The molecule has 0 atom stereocenters. The molecule has 0 aliphatic rings. The maximum absolute atomic E-state index is 9.10. The van der Waals surface area contributed by atoms with Crippen LogP contribution in [0.5, 0.6) is 11.5 Å². The summed E-state index contributed by atoms with van der Waals surface area (Å²) in [6, 6.07) is 5.98. The molecule has 1 rings (SSSR count). The zero-order chi connectivity index (χ0) is 17.8. The molecule has 0 aromatic heterocycles. The van der Waals surface area contributed by atoms with E-state index in [0.29, 0.717) is 0 Å². The van der Waals surface area contributed by atoms with Gasteiger partial charge in [-0.25, -0.2) is 9.59 Å². The molecule has 0 fully saturated rings. The lowest BCUT2D eigenvalue weighted by Crippen LogP contribution is -2.26. The Kier molecular flexibility index (Phi) is 10.1. The lowest BCUT2D eigenvalue weighted by Gasteiger charge is -2.12. The first-order chi connectivity index (χ1) is 10.8. The Bertz CT molecular complexity index is 493. The van der Waals surface area contributed by atoms with Crippen LogP contribution in [0.15, 0.2) is 18.2 Å². The predicted octanol–water partition coefficient (Wildman–Crippen LogP) is 0.511. The molecule has 1 aromatic rings. The summed E-state index contributed by atoms with van der Waals surface area (Å²) in [5.41, 5.74) is 1.20. The summed E-state index contributed by atoms with van der Waals surface area (Å²) in [5, 5.41) is 18.2. The van der Waals surface area contributed by atoms with Crippen molar-refractivity contribution in [2.24, 2.45) is 0 Å². The molecule has 0 saturated heterocycles. The summed E-state index contributed by atoms with van der Waals surface area (Å²) in [5.74, 6) is -2.10. The van der Waals surface area contributed by atoms with Crippen LogP contribution in [0.25, 0.3) is 0 Å². The molecule has 0 aliphatic carbocycles. The van der Waals surface area contributed by atoms with Crippen molar-refractivity contribution in [3.05, 3.63) is 23.8 Å². The molecule has 0 aliphatic heterocycles. The van der Waals surface area contributed by atoms with Crippen molar-refractivity contribution < 1.29 is 29.3 Å². The highest BCUT2D eigenvalue weighted by Crippen LogP contribution is 2.27. The van der Waals surface area contributed by atoms with Crippen molar-refractivity contribution in [1.82, 2.24) is 10.2 Å². The Morgan fingerprint density at radius 2 is 1.65 bits per heavy atom. The van der Waals surface area contributed by atoms with Crippen molar-refractivity contribution in [3.8, 4) is 11.5 Å². The first-order valence-corrected chi connectivity index (χ1v) is 6.84. The topological polar surface area (TPSA) is 108 Å². The number of aliphatic carboxylic acids is 2. The number of nitrogens with zero attached hydrogens (tertiary/aromatic N) is 1. The second-order valence-corrected chi connectivity index (χ2v) is 4.78. The molecule has 23 heavy (non-hydrogen) atoms. The second-order valence-electron chi connectivity index (χ2n) is 4.78. The lowest BCUT2D eigenvalue weighted by atomic mass is 10.2. The van der Waals surface area contributed by atoms with Gasteiger partial charge in [-0.3, -0.25) is 0 Å². The quantitative estimate of drug-likeness (QED) is 0.491. The third kappa shape index (κ3) is 9.33. The van der Waals surface area contributed by atoms with Crippen molar-refractivity contribution in [2.75, 3.05) is 41.4 Å². The lowest BCUT2D eigenvalue weighted by molar-refractivity contribution is -0.159. The molecule has 130 valence electrons. The molecule has 3 N–H and O–H groups in total. The fourth-order valence-corrected chi connectivity index (χ4v) is 1.53. The van der Waals surface area contributed by atoms with Gasteiger partial charge in [-0.15, -0.1) is 0 Å². The van der Waals surface area contributed by atoms with E-state index in [9.17, 15) is 0 Å². The number of rotatable bonds is 7. The summed E-state index contributed by atoms with van der Waals surface area (Å²) >= 11 is 0. The van der Waals surface area contributed by atoms with Gasteiger partial charge in [-0.1, -0.05) is 6.07 Å². The highest BCUT2D eigenvalue weighted by molar-refractivity contribution is 6.27. The van der Waals surface area contributed by atoms with Crippen LogP contribution in [-0.4, -0.2) is 68.5 Å². The first-order valence-electron chi connectivity index (χ1n) is 6.84. The molecule has 8 heteroatoms. The van der Waals surface area contributed by atoms with Crippen LogP contribution in [0.1, 0.15) is 5.56 Å². The number of benzene rings is 1. The molecule has 0 saturated carbocycles. The molecule has 0 amide bonds. The minimum absolute atomic E-state index is 0.768. The van der Waals surface area contributed by atoms with Crippen molar-refractivity contribution in [2.45, 2.75) is 6.54 Å². The number of carboxylic acid groups (broad SMARTS) is 2. The van der Waals surface area contributed by atoms with Crippen molar-refractivity contribution in [3.63, 3.8) is 0 Å². The fourth-order valence-electron chi connectivity index (χ4n) is 1.53. The molecular weight excluding hydrogens is 304 g/mol. The van der Waals surface area contributed by atoms with Crippen LogP contribution in [0, 0.1) is 0 Å². The van der Waals surface area contributed by atoms with Gasteiger partial charge in [0, 0.05) is 19.6 Å². The fraction of sp³-hybridized carbons (Fsp3) is 0.467. The molecule has 1 aromatic carbocycles. The highest BCUT2D eigenvalue weighted by atomic mass is 16.5. The predicted molar refractivity (Wildman–Crippen MR) is 85.1 cm³/mol. The van der Waals surface area contributed by atoms with E-state index in [1.54, 1.807) is 14.2 Å². The Hall–Kier alpha value is -2.32. The van der Waals surface area contributed by atoms with Gasteiger partial charge in [-0.05, 0) is 31.8 Å². The number of ether oxygens (including phenoxy) is 2. The Labute approximate surface area is 135 Å². The van der Waals surface area contributed by atoms with Gasteiger partial charge in [0.25, 0.3) is 0 Å².